The van der Waals surface area contributed by atoms with Crippen molar-refractivity contribution in [3.05, 3.63) is 35.4 Å². The number of morpholine rings is 1. The van der Waals surface area contributed by atoms with Crippen LogP contribution in [0.5, 0.6) is 0 Å². The number of halogens is 3. The quantitative estimate of drug-likeness (QED) is 0.886. The summed E-state index contributed by atoms with van der Waals surface area (Å²) in [7, 11) is 2.00. The fraction of sp³-hybridized carbons (Fsp3) is 0.632. The fourth-order valence-electron chi connectivity index (χ4n) is 3.98. The molecule has 7 heteroatoms. The van der Waals surface area contributed by atoms with Crippen LogP contribution in [-0.4, -0.2) is 50.2 Å². The van der Waals surface area contributed by atoms with Crippen LogP contribution in [0.15, 0.2) is 24.3 Å². The molecule has 1 N–H and O–H groups in total. The first-order valence-corrected chi connectivity index (χ1v) is 9.07. The van der Waals surface area contributed by atoms with Crippen molar-refractivity contribution in [1.82, 2.24) is 10.2 Å². The zero-order valence-corrected chi connectivity index (χ0v) is 14.9. The van der Waals surface area contributed by atoms with Crippen molar-refractivity contribution in [1.29, 1.82) is 0 Å². The number of hydrogen-bond acceptors (Lipinski definition) is 3. The maximum Gasteiger partial charge on any atom is 0.416 e. The van der Waals surface area contributed by atoms with Gasteiger partial charge in [0, 0.05) is 19.6 Å². The molecule has 4 nitrogen and oxygen atoms in total. The molecule has 1 aromatic carbocycles. The SMILES string of the molecule is CN1CCOC(CNC(=O)C2(c3cccc(C(F)(F)F)c3)CCCC2)C1. The number of nitrogens with zero attached hydrogens (tertiary/aromatic N) is 1. The Morgan fingerprint density at radius 2 is 2.08 bits per heavy atom. The second-order valence-corrected chi connectivity index (χ2v) is 7.33. The van der Waals surface area contributed by atoms with E-state index >= 15 is 0 Å². The average Bonchev–Trinajstić information content (AvgIpc) is 3.10. The van der Waals surface area contributed by atoms with Gasteiger partial charge in [-0.25, -0.2) is 0 Å². The Labute approximate surface area is 151 Å². The van der Waals surface area contributed by atoms with E-state index in [1.165, 1.54) is 6.07 Å². The predicted octanol–water partition coefficient (Wildman–Crippen LogP) is 2.96. The van der Waals surface area contributed by atoms with E-state index in [0.29, 0.717) is 31.6 Å². The van der Waals surface area contributed by atoms with Gasteiger partial charge in [-0.3, -0.25) is 4.79 Å². The van der Waals surface area contributed by atoms with Gasteiger partial charge in [0.1, 0.15) is 0 Å². The Bertz CT molecular complexity index is 642. The van der Waals surface area contributed by atoms with Crippen LogP contribution in [0.4, 0.5) is 13.2 Å². The number of carbonyl (C=O) groups excluding carboxylic acids is 1. The van der Waals surface area contributed by atoms with E-state index in [1.54, 1.807) is 6.07 Å². The molecule has 1 aromatic rings. The molecule has 144 valence electrons. The molecule has 1 aliphatic heterocycles. The van der Waals surface area contributed by atoms with Crippen molar-refractivity contribution in [2.24, 2.45) is 0 Å². The van der Waals surface area contributed by atoms with Gasteiger partial charge in [-0.15, -0.1) is 0 Å². The van der Waals surface area contributed by atoms with Crippen LogP contribution in [-0.2, 0) is 21.1 Å². The van der Waals surface area contributed by atoms with Crippen molar-refractivity contribution >= 4 is 5.91 Å². The van der Waals surface area contributed by atoms with E-state index < -0.39 is 17.2 Å². The molecule has 2 aliphatic rings. The van der Waals surface area contributed by atoms with Gasteiger partial charge in [-0.2, -0.15) is 13.2 Å². The molecule has 2 fully saturated rings. The van der Waals surface area contributed by atoms with Crippen molar-refractivity contribution in [2.75, 3.05) is 33.3 Å². The van der Waals surface area contributed by atoms with E-state index in [-0.39, 0.29) is 12.0 Å². The van der Waals surface area contributed by atoms with E-state index in [2.05, 4.69) is 10.2 Å². The number of hydrogen-bond donors (Lipinski definition) is 1. The topological polar surface area (TPSA) is 41.6 Å². The van der Waals surface area contributed by atoms with Crippen molar-refractivity contribution < 1.29 is 22.7 Å². The second-order valence-electron chi connectivity index (χ2n) is 7.33. The molecule has 1 aliphatic carbocycles. The first kappa shape index (κ1) is 19.2. The Hall–Kier alpha value is -1.60. The molecular formula is C19H25F3N2O2. The highest BCUT2D eigenvalue weighted by molar-refractivity contribution is 5.88. The summed E-state index contributed by atoms with van der Waals surface area (Å²) in [4.78, 5) is 15.1. The summed E-state index contributed by atoms with van der Waals surface area (Å²) in [5, 5.41) is 2.94. The fourth-order valence-corrected chi connectivity index (χ4v) is 3.98. The van der Waals surface area contributed by atoms with Gasteiger partial charge in [-0.1, -0.05) is 31.0 Å². The molecule has 1 atom stereocenters. The van der Waals surface area contributed by atoms with Gasteiger partial charge < -0.3 is 15.0 Å². The van der Waals surface area contributed by atoms with E-state index in [1.807, 2.05) is 7.05 Å². The molecule has 0 bridgehead atoms. The van der Waals surface area contributed by atoms with Crippen molar-refractivity contribution in [3.8, 4) is 0 Å². The maximum absolute atomic E-state index is 13.1. The third-order valence-corrected chi connectivity index (χ3v) is 5.47. The molecule has 1 saturated carbocycles. The molecule has 0 spiro atoms. The van der Waals surface area contributed by atoms with Crippen molar-refractivity contribution in [2.45, 2.75) is 43.4 Å². The van der Waals surface area contributed by atoms with Gasteiger partial charge in [0.05, 0.1) is 23.7 Å². The number of benzene rings is 1. The number of amides is 1. The number of likely N-dealkylation sites (N-methyl/N-ethyl adjacent to an activating group) is 1. The van der Waals surface area contributed by atoms with Gasteiger partial charge >= 0.3 is 6.18 Å². The standard InChI is InChI=1S/C19H25F3N2O2/c1-24-9-10-26-16(13-24)12-23-17(25)18(7-2-3-8-18)14-5-4-6-15(11-14)19(20,21)22/h4-6,11,16H,2-3,7-10,12-13H2,1H3,(H,23,25). The first-order valence-electron chi connectivity index (χ1n) is 9.07. The lowest BCUT2D eigenvalue weighted by atomic mass is 9.77. The van der Waals surface area contributed by atoms with E-state index in [9.17, 15) is 18.0 Å². The molecule has 1 heterocycles. The molecule has 1 saturated heterocycles. The smallest absolute Gasteiger partial charge is 0.374 e. The summed E-state index contributed by atoms with van der Waals surface area (Å²) in [6.07, 6.45) is -1.67. The first-order chi connectivity index (χ1) is 12.3. The Balaban J connectivity index is 1.76. The third-order valence-electron chi connectivity index (χ3n) is 5.47. The van der Waals surface area contributed by atoms with Crippen LogP contribution >= 0.6 is 0 Å². The van der Waals surface area contributed by atoms with E-state index in [4.69, 9.17) is 4.74 Å². The highest BCUT2D eigenvalue weighted by Crippen LogP contribution is 2.43. The summed E-state index contributed by atoms with van der Waals surface area (Å²) < 4.78 is 44.9. The number of rotatable bonds is 4. The largest absolute Gasteiger partial charge is 0.416 e. The van der Waals surface area contributed by atoms with Crippen LogP contribution in [0, 0.1) is 0 Å². The van der Waals surface area contributed by atoms with Crippen LogP contribution in [0.2, 0.25) is 0 Å². The van der Waals surface area contributed by atoms with Crippen LogP contribution in [0.25, 0.3) is 0 Å². The number of alkyl halides is 3. The molecule has 1 amide bonds. The highest BCUT2D eigenvalue weighted by atomic mass is 19.4. The van der Waals surface area contributed by atoms with Gasteiger partial charge in [0.2, 0.25) is 5.91 Å². The lowest BCUT2D eigenvalue weighted by Gasteiger charge is -2.33. The summed E-state index contributed by atoms with van der Waals surface area (Å²) in [5.41, 5.74) is -1.11. The number of carbonyl (C=O) groups is 1. The molecule has 3 rings (SSSR count). The normalized spacial score (nSPS) is 23.8. The molecule has 1 unspecified atom stereocenters. The predicted molar refractivity (Wildman–Crippen MR) is 91.8 cm³/mol. The zero-order valence-electron chi connectivity index (χ0n) is 14.9. The minimum Gasteiger partial charge on any atom is -0.374 e. The van der Waals surface area contributed by atoms with Gasteiger partial charge in [0.25, 0.3) is 0 Å². The van der Waals surface area contributed by atoms with Crippen LogP contribution in [0.1, 0.15) is 36.8 Å². The molecule has 26 heavy (non-hydrogen) atoms. The number of ether oxygens (including phenoxy) is 1. The van der Waals surface area contributed by atoms with E-state index in [0.717, 1.165) is 38.1 Å². The third kappa shape index (κ3) is 4.04. The van der Waals surface area contributed by atoms with Gasteiger partial charge in [0.15, 0.2) is 0 Å². The maximum atomic E-state index is 13.1. The Morgan fingerprint density at radius 3 is 2.73 bits per heavy atom. The minimum absolute atomic E-state index is 0.0855. The lowest BCUT2D eigenvalue weighted by molar-refractivity contribution is -0.138. The summed E-state index contributed by atoms with van der Waals surface area (Å²) in [6, 6.07) is 5.22. The molecule has 0 aromatic heterocycles. The zero-order chi connectivity index (χ0) is 18.8. The summed E-state index contributed by atoms with van der Waals surface area (Å²) >= 11 is 0. The van der Waals surface area contributed by atoms with Crippen LogP contribution in [0.3, 0.4) is 0 Å². The minimum atomic E-state index is -4.41. The lowest BCUT2D eigenvalue weighted by Crippen LogP contribution is -2.49. The molecule has 0 radical (unpaired) electrons. The Morgan fingerprint density at radius 1 is 1.35 bits per heavy atom. The average molecular weight is 370 g/mol. The number of nitrogens with one attached hydrogen (secondary N) is 1. The monoisotopic (exact) mass is 370 g/mol. The summed E-state index contributed by atoms with van der Waals surface area (Å²) in [5.74, 6) is -0.189. The molecular weight excluding hydrogens is 345 g/mol. The van der Waals surface area contributed by atoms with Gasteiger partial charge in [-0.05, 0) is 31.5 Å². The van der Waals surface area contributed by atoms with Crippen molar-refractivity contribution in [3.63, 3.8) is 0 Å². The van der Waals surface area contributed by atoms with Crippen LogP contribution < -0.4 is 5.32 Å². The Kier molecular flexibility index (Phi) is 5.58. The highest BCUT2D eigenvalue weighted by Gasteiger charge is 2.44. The second kappa shape index (κ2) is 7.56. The summed E-state index contributed by atoms with van der Waals surface area (Å²) in [6.45, 7) is 2.59.